The van der Waals surface area contributed by atoms with Gasteiger partial charge < -0.3 is 0 Å². The molecule has 21 heavy (non-hydrogen) atoms. The molecule has 0 fully saturated rings. The molecule has 2 aromatic carbocycles. The summed E-state index contributed by atoms with van der Waals surface area (Å²) < 4.78 is 38.9. The number of para-hydroxylation sites is 1. The maximum Gasteiger partial charge on any atom is 0.289 e. The number of benzene rings is 2. The van der Waals surface area contributed by atoms with Crippen molar-refractivity contribution in [3.8, 4) is 0 Å². The standard InChI is InChI=1S/C13H11FN2O4S/c1-15(11-6-4-5-10(14)9-11)21(19,20)13-8-3-2-7-12(13)16(17)18/h2-9H,1H3. The summed E-state index contributed by atoms with van der Waals surface area (Å²) in [6.07, 6.45) is 0. The van der Waals surface area contributed by atoms with Gasteiger partial charge in [0.25, 0.3) is 15.7 Å². The van der Waals surface area contributed by atoms with E-state index in [0.717, 1.165) is 22.5 Å². The van der Waals surface area contributed by atoms with Crippen LogP contribution in [0.4, 0.5) is 15.8 Å². The molecular formula is C13H11FN2O4S. The fourth-order valence-electron chi connectivity index (χ4n) is 1.78. The quantitative estimate of drug-likeness (QED) is 0.642. The van der Waals surface area contributed by atoms with E-state index >= 15 is 0 Å². The van der Waals surface area contributed by atoms with E-state index in [1.807, 2.05) is 0 Å². The first-order valence-electron chi connectivity index (χ1n) is 5.82. The number of nitro benzene ring substituents is 1. The molecule has 2 rings (SSSR count). The van der Waals surface area contributed by atoms with E-state index in [9.17, 15) is 22.9 Å². The molecule has 0 heterocycles. The molecule has 110 valence electrons. The molecule has 2 aromatic rings. The molecule has 0 aliphatic carbocycles. The number of sulfonamides is 1. The van der Waals surface area contributed by atoms with Crippen LogP contribution in [0.1, 0.15) is 0 Å². The van der Waals surface area contributed by atoms with Gasteiger partial charge in [0.15, 0.2) is 4.90 Å². The van der Waals surface area contributed by atoms with E-state index in [2.05, 4.69) is 0 Å². The van der Waals surface area contributed by atoms with Crippen molar-refractivity contribution in [1.29, 1.82) is 0 Å². The molecule has 0 spiro atoms. The average molecular weight is 310 g/mol. The van der Waals surface area contributed by atoms with Gasteiger partial charge in [-0.2, -0.15) is 0 Å². The Hall–Kier alpha value is -2.48. The van der Waals surface area contributed by atoms with Gasteiger partial charge in [0.2, 0.25) is 0 Å². The number of halogens is 1. The number of nitro groups is 1. The first-order valence-corrected chi connectivity index (χ1v) is 7.26. The molecule has 0 saturated heterocycles. The van der Waals surface area contributed by atoms with Gasteiger partial charge in [-0.05, 0) is 24.3 Å². The molecule has 0 aliphatic rings. The van der Waals surface area contributed by atoms with Crippen molar-refractivity contribution in [2.45, 2.75) is 4.90 Å². The van der Waals surface area contributed by atoms with Crippen LogP contribution in [0.5, 0.6) is 0 Å². The minimum absolute atomic E-state index is 0.0770. The fraction of sp³-hybridized carbons (Fsp3) is 0.0769. The van der Waals surface area contributed by atoms with E-state index in [1.165, 1.54) is 37.4 Å². The van der Waals surface area contributed by atoms with Crippen LogP contribution in [-0.2, 0) is 10.0 Å². The lowest BCUT2D eigenvalue weighted by Gasteiger charge is -2.19. The molecule has 0 amide bonds. The van der Waals surface area contributed by atoms with Crippen LogP contribution >= 0.6 is 0 Å². The summed E-state index contributed by atoms with van der Waals surface area (Å²) in [6, 6.07) is 9.97. The van der Waals surface area contributed by atoms with Crippen molar-refractivity contribution in [2.75, 3.05) is 11.4 Å². The van der Waals surface area contributed by atoms with Crippen LogP contribution in [0.3, 0.4) is 0 Å². The Bertz CT molecular complexity index is 792. The van der Waals surface area contributed by atoms with E-state index < -0.39 is 31.3 Å². The van der Waals surface area contributed by atoms with Crippen LogP contribution in [-0.4, -0.2) is 20.4 Å². The van der Waals surface area contributed by atoms with Crippen LogP contribution in [0.2, 0.25) is 0 Å². The number of rotatable bonds is 4. The molecule has 6 nitrogen and oxygen atoms in total. The summed E-state index contributed by atoms with van der Waals surface area (Å²) in [4.78, 5) is 9.73. The van der Waals surface area contributed by atoms with Crippen LogP contribution < -0.4 is 4.31 Å². The lowest BCUT2D eigenvalue weighted by molar-refractivity contribution is -0.387. The molecule has 8 heteroatoms. The SMILES string of the molecule is CN(c1cccc(F)c1)S(=O)(=O)c1ccccc1[N+](=O)[O-]. The molecule has 0 saturated carbocycles. The molecule has 0 N–H and O–H groups in total. The highest BCUT2D eigenvalue weighted by Crippen LogP contribution is 2.28. The minimum Gasteiger partial charge on any atom is -0.269 e. The lowest BCUT2D eigenvalue weighted by Crippen LogP contribution is -2.27. The zero-order valence-corrected chi connectivity index (χ0v) is 11.7. The van der Waals surface area contributed by atoms with Crippen molar-refractivity contribution < 1.29 is 17.7 Å². The van der Waals surface area contributed by atoms with Gasteiger partial charge in [0.05, 0.1) is 10.6 Å². The highest BCUT2D eigenvalue weighted by molar-refractivity contribution is 7.93. The lowest BCUT2D eigenvalue weighted by atomic mass is 10.3. The zero-order valence-electron chi connectivity index (χ0n) is 10.9. The normalized spacial score (nSPS) is 11.1. The van der Waals surface area contributed by atoms with E-state index in [1.54, 1.807) is 0 Å². The molecule has 0 aromatic heterocycles. The maximum atomic E-state index is 13.2. The largest absolute Gasteiger partial charge is 0.289 e. The van der Waals surface area contributed by atoms with Gasteiger partial charge in [-0.1, -0.05) is 18.2 Å². The second-order valence-electron chi connectivity index (χ2n) is 4.18. The monoisotopic (exact) mass is 310 g/mol. The van der Waals surface area contributed by atoms with E-state index in [0.29, 0.717) is 0 Å². The highest BCUT2D eigenvalue weighted by atomic mass is 32.2. The number of nitrogens with zero attached hydrogens (tertiary/aromatic N) is 2. The summed E-state index contributed by atoms with van der Waals surface area (Å²) in [5.41, 5.74) is -0.450. The second-order valence-corrected chi connectivity index (χ2v) is 6.11. The van der Waals surface area contributed by atoms with Gasteiger partial charge in [-0.25, -0.2) is 12.8 Å². The average Bonchev–Trinajstić information content (AvgIpc) is 2.46. The van der Waals surface area contributed by atoms with Crippen molar-refractivity contribution in [2.24, 2.45) is 0 Å². The first-order chi connectivity index (χ1) is 9.84. The molecule has 0 unspecified atom stereocenters. The summed E-state index contributed by atoms with van der Waals surface area (Å²) in [6.45, 7) is 0. The Balaban J connectivity index is 2.55. The summed E-state index contributed by atoms with van der Waals surface area (Å²) in [7, 11) is -2.95. The Morgan fingerprint density at radius 3 is 2.43 bits per heavy atom. The topological polar surface area (TPSA) is 80.5 Å². The Kier molecular flexibility index (Phi) is 3.90. The second kappa shape index (κ2) is 5.49. The zero-order chi connectivity index (χ0) is 15.6. The molecule has 0 atom stereocenters. The Labute approximate surface area is 120 Å². The van der Waals surface area contributed by atoms with Gasteiger partial charge in [-0.3, -0.25) is 14.4 Å². The van der Waals surface area contributed by atoms with Gasteiger partial charge in [-0.15, -0.1) is 0 Å². The third-order valence-corrected chi connectivity index (χ3v) is 4.71. The van der Waals surface area contributed by atoms with Crippen molar-refractivity contribution in [1.82, 2.24) is 0 Å². The predicted octanol–water partition coefficient (Wildman–Crippen LogP) is 2.56. The number of hydrogen-bond acceptors (Lipinski definition) is 4. The van der Waals surface area contributed by atoms with Crippen molar-refractivity contribution in [3.05, 3.63) is 64.5 Å². The maximum absolute atomic E-state index is 13.2. The van der Waals surface area contributed by atoms with E-state index in [-0.39, 0.29) is 5.69 Å². The summed E-state index contributed by atoms with van der Waals surface area (Å²) >= 11 is 0. The fourth-order valence-corrected chi connectivity index (χ4v) is 3.13. The third-order valence-electron chi connectivity index (χ3n) is 2.87. The van der Waals surface area contributed by atoms with E-state index in [4.69, 9.17) is 0 Å². The van der Waals surface area contributed by atoms with Crippen LogP contribution in [0.15, 0.2) is 53.4 Å². The van der Waals surface area contributed by atoms with Gasteiger partial charge in [0.1, 0.15) is 5.82 Å². The summed E-state index contributed by atoms with van der Waals surface area (Å²) in [5.74, 6) is -0.600. The molecule has 0 aliphatic heterocycles. The molecular weight excluding hydrogens is 299 g/mol. The van der Waals surface area contributed by atoms with Gasteiger partial charge in [0, 0.05) is 13.1 Å². The Morgan fingerprint density at radius 2 is 1.81 bits per heavy atom. The molecule has 0 radical (unpaired) electrons. The number of hydrogen-bond donors (Lipinski definition) is 0. The third kappa shape index (κ3) is 2.84. The predicted molar refractivity (Wildman–Crippen MR) is 75.1 cm³/mol. The molecule has 0 bridgehead atoms. The first kappa shape index (κ1) is 14.9. The van der Waals surface area contributed by atoms with Crippen molar-refractivity contribution in [3.63, 3.8) is 0 Å². The Morgan fingerprint density at radius 1 is 1.14 bits per heavy atom. The highest BCUT2D eigenvalue weighted by Gasteiger charge is 2.29. The number of anilines is 1. The summed E-state index contributed by atoms with van der Waals surface area (Å²) in [5, 5.41) is 10.9. The van der Waals surface area contributed by atoms with Gasteiger partial charge >= 0.3 is 0 Å². The van der Waals surface area contributed by atoms with Crippen LogP contribution in [0.25, 0.3) is 0 Å². The smallest absolute Gasteiger partial charge is 0.269 e. The minimum atomic E-state index is -4.16. The van der Waals surface area contributed by atoms with Crippen molar-refractivity contribution >= 4 is 21.4 Å². The van der Waals surface area contributed by atoms with Crippen LogP contribution in [0, 0.1) is 15.9 Å².